The number of hydrogen-bond donors (Lipinski definition) is 0. The number of halogens is 6. The topological polar surface area (TPSA) is 69.7 Å². The molecule has 3 aromatic carbocycles. The first-order chi connectivity index (χ1) is 17.8. The van der Waals surface area contributed by atoms with Crippen molar-refractivity contribution in [1.82, 2.24) is 0 Å². The Morgan fingerprint density at radius 1 is 0.711 bits per heavy atom. The molecule has 0 aromatic heterocycles. The van der Waals surface area contributed by atoms with Gasteiger partial charge in [0.25, 0.3) is 0 Å². The van der Waals surface area contributed by atoms with Gasteiger partial charge in [-0.25, -0.2) is 4.79 Å². The van der Waals surface area contributed by atoms with Gasteiger partial charge in [-0.05, 0) is 50.2 Å². The molecule has 0 fully saturated rings. The molecule has 0 aliphatic heterocycles. The average molecular weight is 557 g/mol. The average Bonchev–Trinajstić information content (AvgIpc) is 2.86. The Labute approximate surface area is 214 Å². The Bertz CT molecular complexity index is 1320. The molecule has 0 aliphatic rings. The van der Waals surface area contributed by atoms with Gasteiger partial charge in [-0.15, -0.1) is 0 Å². The van der Waals surface area contributed by atoms with Crippen molar-refractivity contribution < 1.29 is 50.0 Å². The first-order valence-corrected chi connectivity index (χ1v) is 12.4. The van der Waals surface area contributed by atoms with Crippen molar-refractivity contribution in [1.29, 1.82) is 0 Å². The van der Waals surface area contributed by atoms with Crippen LogP contribution in [0.25, 0.3) is 0 Å². The summed E-state index contributed by atoms with van der Waals surface area (Å²) in [6.07, 6.45) is -10.7. The van der Waals surface area contributed by atoms with Crippen LogP contribution in [0.4, 0.5) is 26.3 Å². The highest BCUT2D eigenvalue weighted by atomic mass is 31.1. The minimum atomic E-state index is -5.35. The van der Waals surface area contributed by atoms with Crippen molar-refractivity contribution in [2.75, 3.05) is 13.2 Å². The molecule has 0 amide bonds. The SMILES string of the molecule is CCOc1cccc(OCC)c1C(=O)c1ccccc1[P+](=O)C(=O)c1c(C(F)(F)F)cccc1C(F)(F)F. The summed E-state index contributed by atoms with van der Waals surface area (Å²) in [7, 11) is -3.61. The molecule has 0 bridgehead atoms. The van der Waals surface area contributed by atoms with Crippen molar-refractivity contribution >= 4 is 24.4 Å². The second kappa shape index (κ2) is 11.3. The molecule has 5 nitrogen and oxygen atoms in total. The van der Waals surface area contributed by atoms with Gasteiger partial charge in [0.2, 0.25) is 11.1 Å². The monoisotopic (exact) mass is 557 g/mol. The molecule has 0 saturated heterocycles. The quantitative estimate of drug-likeness (QED) is 0.160. The Hall–Kier alpha value is -3.72. The first kappa shape index (κ1) is 28.8. The zero-order valence-electron chi connectivity index (χ0n) is 19.9. The third kappa shape index (κ3) is 5.88. The first-order valence-electron chi connectivity index (χ1n) is 11.1. The molecule has 12 heteroatoms. The van der Waals surface area contributed by atoms with E-state index in [9.17, 15) is 40.5 Å². The van der Waals surface area contributed by atoms with Gasteiger partial charge in [0.1, 0.15) is 17.1 Å². The summed E-state index contributed by atoms with van der Waals surface area (Å²) >= 11 is 0. The number of carbonyl (C=O) groups is 2. The minimum Gasteiger partial charge on any atom is -0.493 e. The van der Waals surface area contributed by atoms with Crippen LogP contribution in [0.1, 0.15) is 51.3 Å². The van der Waals surface area contributed by atoms with Crippen LogP contribution in [0.3, 0.4) is 0 Å². The van der Waals surface area contributed by atoms with E-state index in [0.717, 1.165) is 12.1 Å². The van der Waals surface area contributed by atoms with Gasteiger partial charge in [-0.1, -0.05) is 28.8 Å². The van der Waals surface area contributed by atoms with Gasteiger partial charge in [0, 0.05) is 0 Å². The maximum absolute atomic E-state index is 13.6. The summed E-state index contributed by atoms with van der Waals surface area (Å²) in [6.45, 7) is 3.61. The second-order valence-corrected chi connectivity index (χ2v) is 9.14. The number of benzene rings is 3. The van der Waals surface area contributed by atoms with Crippen molar-refractivity contribution in [2.24, 2.45) is 0 Å². The molecule has 0 N–H and O–H groups in total. The maximum atomic E-state index is 13.6. The predicted octanol–water partition coefficient (Wildman–Crippen LogP) is 7.05. The smallest absolute Gasteiger partial charge is 0.459 e. The number of hydrogen-bond acceptors (Lipinski definition) is 5. The van der Waals surface area contributed by atoms with Crippen molar-refractivity contribution in [2.45, 2.75) is 26.2 Å². The number of carbonyl (C=O) groups excluding carboxylic acids is 2. The standard InChI is InChI=1S/C26H20F6O5P/c1-3-36-18-12-8-13-19(37-4-2)22(18)23(33)15-9-5-6-14-20(15)38(35)24(34)21-16(25(27,28)29)10-7-11-17(21)26(30,31)32/h5-14H,3-4H2,1-2H3/q+1. The summed E-state index contributed by atoms with van der Waals surface area (Å²) < 4.78 is 106. The normalized spacial score (nSPS) is 12.2. The van der Waals surface area contributed by atoms with Crippen LogP contribution in [0, 0.1) is 0 Å². The highest BCUT2D eigenvalue weighted by Crippen LogP contribution is 2.43. The Morgan fingerprint density at radius 2 is 1.18 bits per heavy atom. The van der Waals surface area contributed by atoms with Crippen LogP contribution in [-0.4, -0.2) is 24.5 Å². The fourth-order valence-electron chi connectivity index (χ4n) is 3.73. The summed E-state index contributed by atoms with van der Waals surface area (Å²) in [5.41, 5.74) is -7.93. The Kier molecular flexibility index (Phi) is 8.61. The molecule has 3 rings (SSSR count). The molecule has 3 aromatic rings. The molecule has 1 atom stereocenters. The summed E-state index contributed by atoms with van der Waals surface area (Å²) in [5, 5.41) is -0.531. The third-order valence-corrected chi connectivity index (χ3v) is 6.68. The highest BCUT2D eigenvalue weighted by Gasteiger charge is 2.49. The predicted molar refractivity (Wildman–Crippen MR) is 127 cm³/mol. The summed E-state index contributed by atoms with van der Waals surface area (Å²) in [6, 6.07) is 10.4. The van der Waals surface area contributed by atoms with Crippen LogP contribution >= 0.6 is 7.80 Å². The largest absolute Gasteiger partial charge is 0.493 e. The van der Waals surface area contributed by atoms with Crippen molar-refractivity contribution in [3.8, 4) is 11.5 Å². The van der Waals surface area contributed by atoms with Crippen LogP contribution < -0.4 is 14.8 Å². The molecular weight excluding hydrogens is 537 g/mol. The lowest BCUT2D eigenvalue weighted by atomic mass is 10.0. The van der Waals surface area contributed by atoms with E-state index in [2.05, 4.69) is 0 Å². The van der Waals surface area contributed by atoms with Gasteiger partial charge in [-0.3, -0.25) is 4.79 Å². The fraction of sp³-hybridized carbons (Fsp3) is 0.231. The van der Waals surface area contributed by atoms with Crippen LogP contribution in [0.15, 0.2) is 60.7 Å². The maximum Gasteiger partial charge on any atom is 0.459 e. The minimum absolute atomic E-state index is 0.0848. The van der Waals surface area contributed by atoms with Gasteiger partial charge in [0.05, 0.1) is 35.5 Å². The van der Waals surface area contributed by atoms with Crippen molar-refractivity contribution in [3.05, 3.63) is 88.5 Å². The lowest BCUT2D eigenvalue weighted by Gasteiger charge is -2.15. The van der Waals surface area contributed by atoms with E-state index < -0.39 is 53.5 Å². The number of ketones is 1. The molecule has 38 heavy (non-hydrogen) atoms. The van der Waals surface area contributed by atoms with E-state index >= 15 is 0 Å². The van der Waals surface area contributed by atoms with E-state index in [0.29, 0.717) is 18.2 Å². The molecule has 1 unspecified atom stereocenters. The van der Waals surface area contributed by atoms with Crippen LogP contribution in [0.5, 0.6) is 11.5 Å². The lowest BCUT2D eigenvalue weighted by molar-refractivity contribution is -0.143. The van der Waals surface area contributed by atoms with Gasteiger partial charge < -0.3 is 9.47 Å². The van der Waals surface area contributed by atoms with Crippen LogP contribution in [0.2, 0.25) is 0 Å². The van der Waals surface area contributed by atoms with Crippen molar-refractivity contribution in [3.63, 3.8) is 0 Å². The summed E-state index contributed by atoms with van der Waals surface area (Å²) in [5.74, 6) is -0.674. The number of ether oxygens (including phenoxy) is 2. The molecule has 0 aliphatic carbocycles. The van der Waals surface area contributed by atoms with E-state index in [-0.39, 0.29) is 35.8 Å². The molecule has 0 saturated carbocycles. The van der Waals surface area contributed by atoms with Gasteiger partial charge >= 0.3 is 25.7 Å². The molecule has 0 heterocycles. The number of rotatable bonds is 9. The zero-order valence-corrected chi connectivity index (χ0v) is 20.8. The molecule has 200 valence electrons. The lowest BCUT2D eigenvalue weighted by Crippen LogP contribution is -2.22. The molecular formula is C26H20F6O5P+. The van der Waals surface area contributed by atoms with E-state index in [1.54, 1.807) is 19.9 Å². The molecule has 0 radical (unpaired) electrons. The number of alkyl halides is 6. The highest BCUT2D eigenvalue weighted by molar-refractivity contribution is 7.71. The Balaban J connectivity index is 2.20. The van der Waals surface area contributed by atoms with Gasteiger partial charge in [0.15, 0.2) is 0 Å². The van der Waals surface area contributed by atoms with E-state index in [1.165, 1.54) is 24.3 Å². The zero-order chi connectivity index (χ0) is 28.3. The van der Waals surface area contributed by atoms with E-state index in [4.69, 9.17) is 9.47 Å². The fourth-order valence-corrected chi connectivity index (χ4v) is 5.01. The van der Waals surface area contributed by atoms with E-state index in [1.807, 2.05) is 0 Å². The third-order valence-electron chi connectivity index (χ3n) is 5.26. The Morgan fingerprint density at radius 3 is 1.66 bits per heavy atom. The summed E-state index contributed by atoms with van der Waals surface area (Å²) in [4.78, 5) is 26.7. The van der Waals surface area contributed by atoms with Crippen LogP contribution in [-0.2, 0) is 16.9 Å². The molecule has 0 spiro atoms. The second-order valence-electron chi connectivity index (χ2n) is 7.66. The van der Waals surface area contributed by atoms with Gasteiger partial charge in [-0.2, -0.15) is 26.3 Å².